The molecule has 2 aromatic rings. The normalized spacial score (nSPS) is 20.1. The molecule has 4 amide bonds. The number of carbonyl (C=O) groups is 3. The van der Waals surface area contributed by atoms with Crippen molar-refractivity contribution in [1.29, 1.82) is 0 Å². The number of halogens is 1. The van der Waals surface area contributed by atoms with E-state index in [9.17, 15) is 24.5 Å². The van der Waals surface area contributed by atoms with E-state index in [1.54, 1.807) is 0 Å². The van der Waals surface area contributed by atoms with Gasteiger partial charge in [-0.2, -0.15) is 0 Å². The SMILES string of the molecule is O=C(CN1C(=O)NC2(CCc3ccccc3C2)C1=O)Nc1cc([N+](=O)[O-])ccc1Cl. The first-order chi connectivity index (χ1) is 14.3. The third kappa shape index (κ3) is 3.48. The molecule has 0 aromatic heterocycles. The van der Waals surface area contributed by atoms with Gasteiger partial charge in [-0.15, -0.1) is 0 Å². The number of carbonyl (C=O) groups excluding carboxylic acids is 3. The van der Waals surface area contributed by atoms with Crippen LogP contribution in [0, 0.1) is 10.1 Å². The Kier molecular flexibility index (Phi) is 4.90. The van der Waals surface area contributed by atoms with Crippen LogP contribution in [-0.2, 0) is 22.4 Å². The Labute approximate surface area is 176 Å². The van der Waals surface area contributed by atoms with Gasteiger partial charge in [-0.3, -0.25) is 24.6 Å². The highest BCUT2D eigenvalue weighted by atomic mass is 35.5. The minimum atomic E-state index is -1.06. The number of nitrogens with one attached hydrogen (secondary N) is 2. The molecule has 1 saturated heterocycles. The fourth-order valence-corrected chi connectivity index (χ4v) is 4.07. The summed E-state index contributed by atoms with van der Waals surface area (Å²) in [5.74, 6) is -1.14. The van der Waals surface area contributed by atoms with Gasteiger partial charge in [0.1, 0.15) is 12.1 Å². The number of urea groups is 1. The third-order valence-electron chi connectivity index (χ3n) is 5.41. The van der Waals surface area contributed by atoms with Crippen LogP contribution in [-0.4, -0.2) is 39.8 Å². The number of imide groups is 1. The Balaban J connectivity index is 1.49. The minimum absolute atomic E-state index is 0.0317. The summed E-state index contributed by atoms with van der Waals surface area (Å²) >= 11 is 5.99. The molecule has 4 rings (SSSR count). The molecule has 0 saturated carbocycles. The Hall–Kier alpha value is -3.46. The van der Waals surface area contributed by atoms with Gasteiger partial charge in [0, 0.05) is 18.6 Å². The van der Waals surface area contributed by atoms with Crippen molar-refractivity contribution in [3.63, 3.8) is 0 Å². The Bertz CT molecular complexity index is 1090. The molecule has 1 aliphatic heterocycles. The zero-order valence-corrected chi connectivity index (χ0v) is 16.4. The predicted octanol–water partition coefficient (Wildman–Crippen LogP) is 2.67. The van der Waals surface area contributed by atoms with Gasteiger partial charge in [-0.1, -0.05) is 35.9 Å². The summed E-state index contributed by atoms with van der Waals surface area (Å²) in [6.07, 6.45) is 1.46. The van der Waals surface area contributed by atoms with Crippen molar-refractivity contribution in [3.8, 4) is 0 Å². The van der Waals surface area contributed by atoms with E-state index in [2.05, 4.69) is 10.6 Å². The summed E-state index contributed by atoms with van der Waals surface area (Å²) in [7, 11) is 0. The summed E-state index contributed by atoms with van der Waals surface area (Å²) < 4.78 is 0. The van der Waals surface area contributed by atoms with Gasteiger partial charge in [-0.25, -0.2) is 4.79 Å². The number of nitro benzene ring substituents is 1. The zero-order valence-electron chi connectivity index (χ0n) is 15.7. The second kappa shape index (κ2) is 7.42. The van der Waals surface area contributed by atoms with Crippen molar-refractivity contribution in [1.82, 2.24) is 10.2 Å². The average Bonchev–Trinajstić information content (AvgIpc) is 2.93. The lowest BCUT2D eigenvalue weighted by Gasteiger charge is -2.32. The number of hydrogen-bond donors (Lipinski definition) is 2. The number of anilines is 1. The first-order valence-electron chi connectivity index (χ1n) is 9.24. The van der Waals surface area contributed by atoms with Crippen molar-refractivity contribution in [2.24, 2.45) is 0 Å². The highest BCUT2D eigenvalue weighted by Crippen LogP contribution is 2.33. The van der Waals surface area contributed by atoms with Gasteiger partial charge in [0.05, 0.1) is 15.6 Å². The molecule has 1 aliphatic carbocycles. The smallest absolute Gasteiger partial charge is 0.323 e. The lowest BCUT2D eigenvalue weighted by molar-refractivity contribution is -0.384. The van der Waals surface area contributed by atoms with Crippen LogP contribution in [0.25, 0.3) is 0 Å². The monoisotopic (exact) mass is 428 g/mol. The van der Waals surface area contributed by atoms with Crippen molar-refractivity contribution in [2.75, 3.05) is 11.9 Å². The van der Waals surface area contributed by atoms with Gasteiger partial charge >= 0.3 is 6.03 Å². The number of non-ortho nitro benzene ring substituents is 1. The second-order valence-electron chi connectivity index (χ2n) is 7.32. The van der Waals surface area contributed by atoms with Crippen LogP contribution in [0.4, 0.5) is 16.2 Å². The summed E-state index contributed by atoms with van der Waals surface area (Å²) in [5.41, 5.74) is 0.858. The van der Waals surface area contributed by atoms with Crippen LogP contribution in [0.1, 0.15) is 17.5 Å². The summed E-state index contributed by atoms with van der Waals surface area (Å²) in [6.45, 7) is -0.521. The Morgan fingerprint density at radius 2 is 1.97 bits per heavy atom. The Morgan fingerprint density at radius 3 is 2.70 bits per heavy atom. The molecule has 2 aliphatic rings. The van der Waals surface area contributed by atoms with Gasteiger partial charge in [0.25, 0.3) is 11.6 Å². The number of aryl methyl sites for hydroxylation is 1. The van der Waals surface area contributed by atoms with Crippen molar-refractivity contribution in [2.45, 2.75) is 24.8 Å². The van der Waals surface area contributed by atoms with Crippen LogP contribution >= 0.6 is 11.6 Å². The topological polar surface area (TPSA) is 122 Å². The van der Waals surface area contributed by atoms with Gasteiger partial charge in [-0.05, 0) is 30.0 Å². The summed E-state index contributed by atoms with van der Waals surface area (Å²) in [5, 5.41) is 16.2. The van der Waals surface area contributed by atoms with E-state index < -0.39 is 34.9 Å². The summed E-state index contributed by atoms with van der Waals surface area (Å²) in [6, 6.07) is 10.7. The molecule has 1 spiro atoms. The van der Waals surface area contributed by atoms with E-state index in [0.29, 0.717) is 19.3 Å². The maximum Gasteiger partial charge on any atom is 0.325 e. The lowest BCUT2D eigenvalue weighted by Crippen LogP contribution is -2.51. The number of nitro groups is 1. The molecule has 1 unspecified atom stereocenters. The fraction of sp³-hybridized carbons (Fsp3) is 0.250. The van der Waals surface area contributed by atoms with E-state index in [-0.39, 0.29) is 16.4 Å². The highest BCUT2D eigenvalue weighted by molar-refractivity contribution is 6.33. The zero-order chi connectivity index (χ0) is 21.5. The molecular weight excluding hydrogens is 412 g/mol. The van der Waals surface area contributed by atoms with E-state index in [1.165, 1.54) is 12.1 Å². The number of amides is 4. The average molecular weight is 429 g/mol. The van der Waals surface area contributed by atoms with E-state index in [0.717, 1.165) is 22.1 Å². The fourth-order valence-electron chi connectivity index (χ4n) is 3.90. The van der Waals surface area contributed by atoms with E-state index >= 15 is 0 Å². The number of fused-ring (bicyclic) bond motifs is 1. The number of rotatable bonds is 4. The second-order valence-corrected chi connectivity index (χ2v) is 7.73. The maximum atomic E-state index is 13.0. The molecule has 10 heteroatoms. The molecular formula is C20H17ClN4O5. The standard InChI is InChI=1S/C20H17ClN4O5/c21-15-6-5-14(25(29)30)9-16(15)22-17(26)11-24-18(27)20(23-19(24)28)8-7-12-3-1-2-4-13(12)10-20/h1-6,9H,7-8,10-11H2,(H,22,26)(H,23,28). The number of benzene rings is 2. The van der Waals surface area contributed by atoms with E-state index in [1.807, 2.05) is 24.3 Å². The van der Waals surface area contributed by atoms with Crippen molar-refractivity contribution >= 4 is 40.8 Å². The van der Waals surface area contributed by atoms with Gasteiger partial charge in [0.2, 0.25) is 5.91 Å². The van der Waals surface area contributed by atoms with Crippen molar-refractivity contribution in [3.05, 3.63) is 68.7 Å². The lowest BCUT2D eigenvalue weighted by atomic mass is 9.78. The highest BCUT2D eigenvalue weighted by Gasteiger charge is 2.52. The Morgan fingerprint density at radius 1 is 1.23 bits per heavy atom. The molecule has 1 fully saturated rings. The molecule has 1 heterocycles. The first kappa shape index (κ1) is 19.8. The first-order valence-corrected chi connectivity index (χ1v) is 9.61. The quantitative estimate of drug-likeness (QED) is 0.440. The molecule has 154 valence electrons. The van der Waals surface area contributed by atoms with Crippen LogP contribution in [0.5, 0.6) is 0 Å². The van der Waals surface area contributed by atoms with Crippen LogP contribution in [0.3, 0.4) is 0 Å². The largest absolute Gasteiger partial charge is 0.325 e. The molecule has 0 radical (unpaired) electrons. The minimum Gasteiger partial charge on any atom is -0.323 e. The molecule has 1 atom stereocenters. The van der Waals surface area contributed by atoms with Gasteiger partial charge in [0.15, 0.2) is 0 Å². The molecule has 9 nitrogen and oxygen atoms in total. The van der Waals surface area contributed by atoms with E-state index in [4.69, 9.17) is 11.6 Å². The van der Waals surface area contributed by atoms with Crippen LogP contribution in [0.2, 0.25) is 5.02 Å². The summed E-state index contributed by atoms with van der Waals surface area (Å²) in [4.78, 5) is 49.1. The molecule has 2 N–H and O–H groups in total. The molecule has 30 heavy (non-hydrogen) atoms. The van der Waals surface area contributed by atoms with Crippen LogP contribution < -0.4 is 10.6 Å². The third-order valence-corrected chi connectivity index (χ3v) is 5.74. The molecule has 2 aromatic carbocycles. The molecule has 0 bridgehead atoms. The number of hydrogen-bond acceptors (Lipinski definition) is 5. The number of nitrogens with zero attached hydrogens (tertiary/aromatic N) is 2. The van der Waals surface area contributed by atoms with Crippen LogP contribution in [0.15, 0.2) is 42.5 Å². The van der Waals surface area contributed by atoms with Gasteiger partial charge < -0.3 is 10.6 Å². The maximum absolute atomic E-state index is 13.0. The van der Waals surface area contributed by atoms with Crippen molar-refractivity contribution < 1.29 is 19.3 Å². The predicted molar refractivity (Wildman–Crippen MR) is 108 cm³/mol.